The molecule has 1 heterocycles. The van der Waals surface area contributed by atoms with E-state index in [-0.39, 0.29) is 6.04 Å². The summed E-state index contributed by atoms with van der Waals surface area (Å²) in [5, 5.41) is 3.51. The Labute approximate surface area is 110 Å². The molecule has 0 spiro atoms. The summed E-state index contributed by atoms with van der Waals surface area (Å²) in [4.78, 5) is 0. The van der Waals surface area contributed by atoms with Gasteiger partial charge in [-0.2, -0.15) is 0 Å². The van der Waals surface area contributed by atoms with E-state index in [1.54, 1.807) is 0 Å². The Hall–Kier alpha value is -0.900. The van der Waals surface area contributed by atoms with Crippen LogP contribution in [0.15, 0.2) is 30.3 Å². The second-order valence-electron chi connectivity index (χ2n) is 5.57. The number of hydrogen-bond acceptors (Lipinski definition) is 3. The highest BCUT2D eigenvalue weighted by atomic mass is 16.5. The van der Waals surface area contributed by atoms with Crippen molar-refractivity contribution in [2.45, 2.75) is 25.8 Å². The summed E-state index contributed by atoms with van der Waals surface area (Å²) < 4.78 is 5.41. The normalized spacial score (nSPS) is 20.6. The Kier molecular flexibility index (Phi) is 4.75. The van der Waals surface area contributed by atoms with Crippen LogP contribution in [0.4, 0.5) is 0 Å². The maximum absolute atomic E-state index is 6.17. The minimum atomic E-state index is 0.0784. The molecule has 0 aromatic heterocycles. The molecule has 100 valence electrons. The summed E-state index contributed by atoms with van der Waals surface area (Å²) in [7, 11) is 0. The zero-order valence-electron chi connectivity index (χ0n) is 11.2. The number of rotatable bonds is 5. The van der Waals surface area contributed by atoms with E-state index in [0.717, 1.165) is 39.1 Å². The molecule has 1 unspecified atom stereocenters. The van der Waals surface area contributed by atoms with Crippen molar-refractivity contribution in [1.29, 1.82) is 0 Å². The molecule has 2 rings (SSSR count). The number of nitrogens with one attached hydrogen (secondary N) is 1. The third-order valence-electron chi connectivity index (χ3n) is 3.84. The number of ether oxygens (including phenoxy) is 1. The van der Waals surface area contributed by atoms with Crippen molar-refractivity contribution in [2.24, 2.45) is 11.1 Å². The van der Waals surface area contributed by atoms with Gasteiger partial charge in [0.25, 0.3) is 0 Å². The zero-order chi connectivity index (χ0) is 12.8. The molecule has 1 aliphatic rings. The van der Waals surface area contributed by atoms with Gasteiger partial charge < -0.3 is 15.8 Å². The second kappa shape index (κ2) is 6.32. The maximum atomic E-state index is 6.17. The lowest BCUT2D eigenvalue weighted by molar-refractivity contribution is 0.0241. The van der Waals surface area contributed by atoms with Crippen LogP contribution in [0.2, 0.25) is 0 Å². The molecule has 1 atom stereocenters. The van der Waals surface area contributed by atoms with Crippen LogP contribution >= 0.6 is 0 Å². The van der Waals surface area contributed by atoms with Crippen LogP contribution in [0.25, 0.3) is 0 Å². The first-order chi connectivity index (χ1) is 8.70. The standard InChI is InChI=1S/C15H24N2O/c1-15(7-9-18-10-8-15)12-17-11-14(16)13-5-3-2-4-6-13/h2-6,14,17H,7-12,16H2,1H3. The number of nitrogens with two attached hydrogens (primary N) is 1. The largest absolute Gasteiger partial charge is 0.381 e. The van der Waals surface area contributed by atoms with Crippen LogP contribution in [-0.4, -0.2) is 26.3 Å². The molecule has 1 aromatic rings. The van der Waals surface area contributed by atoms with Crippen LogP contribution in [-0.2, 0) is 4.74 Å². The fourth-order valence-corrected chi connectivity index (χ4v) is 2.39. The van der Waals surface area contributed by atoms with Gasteiger partial charge in [0.2, 0.25) is 0 Å². The van der Waals surface area contributed by atoms with Crippen molar-refractivity contribution < 1.29 is 4.74 Å². The van der Waals surface area contributed by atoms with Crippen molar-refractivity contribution in [1.82, 2.24) is 5.32 Å². The van der Waals surface area contributed by atoms with Crippen LogP contribution in [0, 0.1) is 5.41 Å². The van der Waals surface area contributed by atoms with Crippen molar-refractivity contribution >= 4 is 0 Å². The molecule has 1 fully saturated rings. The Bertz CT molecular complexity index is 347. The molecule has 1 saturated heterocycles. The van der Waals surface area contributed by atoms with Gasteiger partial charge in [0.15, 0.2) is 0 Å². The van der Waals surface area contributed by atoms with Gasteiger partial charge in [-0.15, -0.1) is 0 Å². The third-order valence-corrected chi connectivity index (χ3v) is 3.84. The molecule has 3 nitrogen and oxygen atoms in total. The minimum absolute atomic E-state index is 0.0784. The van der Waals surface area contributed by atoms with E-state index >= 15 is 0 Å². The molecule has 18 heavy (non-hydrogen) atoms. The van der Waals surface area contributed by atoms with E-state index in [1.165, 1.54) is 5.56 Å². The van der Waals surface area contributed by atoms with E-state index in [4.69, 9.17) is 10.5 Å². The van der Waals surface area contributed by atoms with E-state index in [2.05, 4.69) is 24.4 Å². The van der Waals surface area contributed by atoms with Crippen LogP contribution in [0.1, 0.15) is 31.4 Å². The first-order valence-corrected chi connectivity index (χ1v) is 6.79. The molecule has 1 aliphatic heterocycles. The van der Waals surface area contributed by atoms with Crippen LogP contribution < -0.4 is 11.1 Å². The van der Waals surface area contributed by atoms with Crippen molar-refractivity contribution in [3.8, 4) is 0 Å². The van der Waals surface area contributed by atoms with Gasteiger partial charge in [-0.1, -0.05) is 37.3 Å². The summed E-state index contributed by atoms with van der Waals surface area (Å²) in [5.41, 5.74) is 7.73. The number of hydrogen-bond donors (Lipinski definition) is 2. The highest BCUT2D eigenvalue weighted by Gasteiger charge is 2.26. The van der Waals surface area contributed by atoms with Gasteiger partial charge in [-0.05, 0) is 23.8 Å². The summed E-state index contributed by atoms with van der Waals surface area (Å²) >= 11 is 0. The Morgan fingerprint density at radius 3 is 2.61 bits per heavy atom. The SMILES string of the molecule is CC1(CNCC(N)c2ccccc2)CCOCC1. The topological polar surface area (TPSA) is 47.3 Å². The summed E-state index contributed by atoms with van der Waals surface area (Å²) in [6.45, 7) is 5.97. The highest BCUT2D eigenvalue weighted by molar-refractivity contribution is 5.18. The monoisotopic (exact) mass is 248 g/mol. The predicted molar refractivity (Wildman–Crippen MR) is 74.4 cm³/mol. The van der Waals surface area contributed by atoms with Crippen molar-refractivity contribution in [3.63, 3.8) is 0 Å². The van der Waals surface area contributed by atoms with Crippen molar-refractivity contribution in [3.05, 3.63) is 35.9 Å². The van der Waals surface area contributed by atoms with Gasteiger partial charge in [0.1, 0.15) is 0 Å². The average molecular weight is 248 g/mol. The third kappa shape index (κ3) is 3.80. The molecule has 1 aromatic carbocycles. The first-order valence-electron chi connectivity index (χ1n) is 6.79. The zero-order valence-corrected chi connectivity index (χ0v) is 11.2. The lowest BCUT2D eigenvalue weighted by Crippen LogP contribution is -2.39. The molecule has 0 bridgehead atoms. The fourth-order valence-electron chi connectivity index (χ4n) is 2.39. The lowest BCUT2D eigenvalue weighted by atomic mass is 9.82. The summed E-state index contributed by atoms with van der Waals surface area (Å²) in [6, 6.07) is 10.3. The van der Waals surface area contributed by atoms with Gasteiger partial charge in [-0.3, -0.25) is 0 Å². The van der Waals surface area contributed by atoms with E-state index in [9.17, 15) is 0 Å². The highest BCUT2D eigenvalue weighted by Crippen LogP contribution is 2.28. The molecule has 0 amide bonds. The Balaban J connectivity index is 1.75. The van der Waals surface area contributed by atoms with Gasteiger partial charge in [0, 0.05) is 32.3 Å². The van der Waals surface area contributed by atoms with E-state index in [1.807, 2.05) is 18.2 Å². The quantitative estimate of drug-likeness (QED) is 0.839. The van der Waals surface area contributed by atoms with Gasteiger partial charge >= 0.3 is 0 Å². The Morgan fingerprint density at radius 1 is 1.28 bits per heavy atom. The van der Waals surface area contributed by atoms with Gasteiger partial charge in [-0.25, -0.2) is 0 Å². The maximum Gasteiger partial charge on any atom is 0.0471 e. The Morgan fingerprint density at radius 2 is 1.94 bits per heavy atom. The molecule has 3 heteroatoms. The second-order valence-corrected chi connectivity index (χ2v) is 5.57. The molecule has 3 N–H and O–H groups in total. The van der Waals surface area contributed by atoms with E-state index in [0.29, 0.717) is 5.41 Å². The van der Waals surface area contributed by atoms with Crippen LogP contribution in [0.3, 0.4) is 0 Å². The lowest BCUT2D eigenvalue weighted by Gasteiger charge is -2.34. The molecule has 0 aliphatic carbocycles. The molecular formula is C15H24N2O. The van der Waals surface area contributed by atoms with Crippen molar-refractivity contribution in [2.75, 3.05) is 26.3 Å². The van der Waals surface area contributed by atoms with Crippen LogP contribution in [0.5, 0.6) is 0 Å². The smallest absolute Gasteiger partial charge is 0.0471 e. The average Bonchev–Trinajstić information content (AvgIpc) is 2.40. The fraction of sp³-hybridized carbons (Fsp3) is 0.600. The summed E-state index contributed by atoms with van der Waals surface area (Å²) in [6.07, 6.45) is 2.28. The van der Waals surface area contributed by atoms with Gasteiger partial charge in [0.05, 0.1) is 0 Å². The predicted octanol–water partition coefficient (Wildman–Crippen LogP) is 2.09. The number of benzene rings is 1. The molecular weight excluding hydrogens is 224 g/mol. The van der Waals surface area contributed by atoms with E-state index < -0.39 is 0 Å². The first kappa shape index (κ1) is 13.5. The molecule has 0 radical (unpaired) electrons. The summed E-state index contributed by atoms with van der Waals surface area (Å²) in [5.74, 6) is 0. The minimum Gasteiger partial charge on any atom is -0.381 e. The molecule has 0 saturated carbocycles.